The summed E-state index contributed by atoms with van der Waals surface area (Å²) in [6.45, 7) is 1.94. The van der Waals surface area contributed by atoms with Gasteiger partial charge in [0.1, 0.15) is 5.82 Å². The molecule has 3 rings (SSSR count). The number of nitrogens with zero attached hydrogens (tertiary/aromatic N) is 2. The molecule has 1 fully saturated rings. The van der Waals surface area contributed by atoms with Gasteiger partial charge in [0, 0.05) is 11.0 Å². The summed E-state index contributed by atoms with van der Waals surface area (Å²) in [7, 11) is 0. The molecule has 1 heterocycles. The zero-order valence-electron chi connectivity index (χ0n) is 13.4. The molecule has 2 aromatic rings. The van der Waals surface area contributed by atoms with Gasteiger partial charge in [-0.15, -0.1) is 11.8 Å². The number of carbonyl (C=O) groups is 1. The van der Waals surface area contributed by atoms with E-state index in [-0.39, 0.29) is 11.2 Å². The monoisotopic (exact) mass is 329 g/mol. The number of amides is 1. The van der Waals surface area contributed by atoms with Crippen LogP contribution in [0.25, 0.3) is 0 Å². The lowest BCUT2D eigenvalue weighted by atomic mass is 9.96. The van der Waals surface area contributed by atoms with Crippen LogP contribution in [0.2, 0.25) is 0 Å². The highest BCUT2D eigenvalue weighted by molar-refractivity contribution is 8.00. The summed E-state index contributed by atoms with van der Waals surface area (Å²) >= 11 is 1.57. The molecule has 4 nitrogen and oxygen atoms in total. The second kappa shape index (κ2) is 7.68. The molecule has 1 unspecified atom stereocenters. The van der Waals surface area contributed by atoms with Crippen molar-refractivity contribution in [1.29, 1.82) is 0 Å². The van der Waals surface area contributed by atoms with E-state index >= 15 is 0 Å². The van der Waals surface area contributed by atoms with Gasteiger partial charge in [0.2, 0.25) is 5.91 Å². The Hall–Kier alpha value is -1.75. The number of thioether (sulfide) groups is 1. The number of aromatic nitrogens is 2. The van der Waals surface area contributed by atoms with Gasteiger partial charge < -0.3 is 5.32 Å². The molecule has 1 atom stereocenters. The Bertz CT molecular complexity index is 635. The lowest BCUT2D eigenvalue weighted by Crippen LogP contribution is -2.25. The first kappa shape index (κ1) is 16.1. The quantitative estimate of drug-likeness (QED) is 0.821. The molecule has 1 saturated carbocycles. The summed E-state index contributed by atoms with van der Waals surface area (Å²) in [4.78, 5) is 13.6. The molecule has 1 amide bonds. The number of rotatable bonds is 5. The van der Waals surface area contributed by atoms with Crippen LogP contribution in [0.5, 0.6) is 0 Å². The number of benzene rings is 1. The Kier molecular flexibility index (Phi) is 5.39. The molecule has 0 aliphatic heterocycles. The maximum atomic E-state index is 12.5. The molecule has 1 aliphatic carbocycles. The highest BCUT2D eigenvalue weighted by Crippen LogP contribution is 2.30. The Morgan fingerprint density at radius 1 is 1.22 bits per heavy atom. The van der Waals surface area contributed by atoms with Crippen molar-refractivity contribution in [3.63, 3.8) is 0 Å². The third kappa shape index (κ3) is 4.16. The molecular formula is C18H23N3OS. The van der Waals surface area contributed by atoms with Crippen molar-refractivity contribution in [1.82, 2.24) is 9.78 Å². The van der Waals surface area contributed by atoms with Crippen LogP contribution in [0.3, 0.4) is 0 Å². The summed E-state index contributed by atoms with van der Waals surface area (Å²) in [6, 6.07) is 12.3. The van der Waals surface area contributed by atoms with Crippen molar-refractivity contribution in [3.8, 4) is 0 Å². The maximum absolute atomic E-state index is 12.5. The van der Waals surface area contributed by atoms with E-state index in [1.54, 1.807) is 18.0 Å². The molecule has 5 heteroatoms. The first-order chi connectivity index (χ1) is 11.2. The smallest absolute Gasteiger partial charge is 0.238 e. The zero-order chi connectivity index (χ0) is 16.1. The average molecular weight is 329 g/mol. The van der Waals surface area contributed by atoms with Crippen LogP contribution in [0.4, 0.5) is 5.82 Å². The summed E-state index contributed by atoms with van der Waals surface area (Å²) in [5.41, 5.74) is 0. The van der Waals surface area contributed by atoms with Crippen LogP contribution in [-0.4, -0.2) is 20.9 Å². The van der Waals surface area contributed by atoms with Crippen LogP contribution < -0.4 is 5.32 Å². The number of carbonyl (C=O) groups excluding carboxylic acids is 1. The minimum atomic E-state index is -0.146. The fourth-order valence-corrected chi connectivity index (χ4v) is 3.90. The Labute approximate surface area is 141 Å². The van der Waals surface area contributed by atoms with E-state index < -0.39 is 0 Å². The van der Waals surface area contributed by atoms with Gasteiger partial charge in [-0.1, -0.05) is 37.5 Å². The van der Waals surface area contributed by atoms with Gasteiger partial charge in [0.15, 0.2) is 0 Å². The normalized spacial score (nSPS) is 16.9. The number of nitrogens with one attached hydrogen (secondary N) is 1. The fraction of sp³-hybridized carbons (Fsp3) is 0.444. The predicted molar refractivity (Wildman–Crippen MR) is 94.7 cm³/mol. The molecular weight excluding hydrogens is 306 g/mol. The lowest BCUT2D eigenvalue weighted by Gasteiger charge is -2.24. The van der Waals surface area contributed by atoms with Gasteiger partial charge in [0.05, 0.1) is 17.5 Å². The predicted octanol–water partition coefficient (Wildman–Crippen LogP) is 4.51. The molecule has 122 valence electrons. The highest BCUT2D eigenvalue weighted by Gasteiger charge is 2.21. The van der Waals surface area contributed by atoms with E-state index in [0.29, 0.717) is 6.04 Å². The fourth-order valence-electron chi connectivity index (χ4n) is 3.01. The van der Waals surface area contributed by atoms with Crippen LogP contribution >= 0.6 is 11.8 Å². The summed E-state index contributed by atoms with van der Waals surface area (Å²) < 4.78 is 2.00. The Morgan fingerprint density at radius 2 is 1.96 bits per heavy atom. The summed E-state index contributed by atoms with van der Waals surface area (Å²) in [5.74, 6) is 0.846. The summed E-state index contributed by atoms with van der Waals surface area (Å²) in [5, 5.41) is 7.33. The van der Waals surface area contributed by atoms with Crippen molar-refractivity contribution in [2.45, 2.75) is 55.2 Å². The lowest BCUT2D eigenvalue weighted by molar-refractivity contribution is -0.115. The second-order valence-corrected chi connectivity index (χ2v) is 7.43. The molecule has 0 bridgehead atoms. The first-order valence-electron chi connectivity index (χ1n) is 8.30. The van der Waals surface area contributed by atoms with E-state index in [1.807, 2.05) is 48.0 Å². The SMILES string of the molecule is CC(Sc1ccccc1)C(=O)Nc1ccnn1C1CCCCC1. The van der Waals surface area contributed by atoms with Gasteiger partial charge in [-0.25, -0.2) is 4.68 Å². The van der Waals surface area contributed by atoms with E-state index in [2.05, 4.69) is 10.4 Å². The minimum absolute atomic E-state index is 0.0245. The van der Waals surface area contributed by atoms with E-state index in [0.717, 1.165) is 23.6 Å². The molecule has 1 aliphatic rings. The van der Waals surface area contributed by atoms with Gasteiger partial charge in [-0.2, -0.15) is 5.10 Å². The molecule has 0 saturated heterocycles. The van der Waals surface area contributed by atoms with E-state index in [1.165, 1.54) is 19.3 Å². The molecule has 23 heavy (non-hydrogen) atoms. The Morgan fingerprint density at radius 3 is 2.70 bits per heavy atom. The number of hydrogen-bond donors (Lipinski definition) is 1. The van der Waals surface area contributed by atoms with Gasteiger partial charge in [-0.3, -0.25) is 4.79 Å². The van der Waals surface area contributed by atoms with Crippen molar-refractivity contribution in [2.75, 3.05) is 5.32 Å². The third-order valence-electron chi connectivity index (χ3n) is 4.27. The van der Waals surface area contributed by atoms with Gasteiger partial charge in [0.25, 0.3) is 0 Å². The van der Waals surface area contributed by atoms with Crippen LogP contribution in [0, 0.1) is 0 Å². The Balaban J connectivity index is 1.62. The number of hydrogen-bond acceptors (Lipinski definition) is 3. The first-order valence-corrected chi connectivity index (χ1v) is 9.18. The highest BCUT2D eigenvalue weighted by atomic mass is 32.2. The molecule has 0 radical (unpaired) electrons. The maximum Gasteiger partial charge on any atom is 0.238 e. The van der Waals surface area contributed by atoms with E-state index in [9.17, 15) is 4.79 Å². The number of anilines is 1. The average Bonchev–Trinajstić information content (AvgIpc) is 3.04. The van der Waals surface area contributed by atoms with Crippen molar-refractivity contribution in [2.24, 2.45) is 0 Å². The largest absolute Gasteiger partial charge is 0.310 e. The molecule has 1 aromatic carbocycles. The van der Waals surface area contributed by atoms with Crippen LogP contribution in [-0.2, 0) is 4.79 Å². The molecule has 0 spiro atoms. The van der Waals surface area contributed by atoms with Crippen molar-refractivity contribution >= 4 is 23.5 Å². The minimum Gasteiger partial charge on any atom is -0.310 e. The van der Waals surface area contributed by atoms with Gasteiger partial charge >= 0.3 is 0 Å². The van der Waals surface area contributed by atoms with Crippen LogP contribution in [0.1, 0.15) is 45.1 Å². The molecule has 1 N–H and O–H groups in total. The van der Waals surface area contributed by atoms with E-state index in [4.69, 9.17) is 0 Å². The van der Waals surface area contributed by atoms with Crippen molar-refractivity contribution in [3.05, 3.63) is 42.6 Å². The zero-order valence-corrected chi connectivity index (χ0v) is 14.3. The summed E-state index contributed by atoms with van der Waals surface area (Å²) in [6.07, 6.45) is 7.89. The van der Waals surface area contributed by atoms with Crippen LogP contribution in [0.15, 0.2) is 47.5 Å². The molecule has 1 aromatic heterocycles. The third-order valence-corrected chi connectivity index (χ3v) is 5.38. The topological polar surface area (TPSA) is 46.9 Å². The second-order valence-electron chi connectivity index (χ2n) is 6.02. The van der Waals surface area contributed by atoms with Gasteiger partial charge in [-0.05, 0) is 31.9 Å². The van der Waals surface area contributed by atoms with Crippen molar-refractivity contribution < 1.29 is 4.79 Å². The standard InChI is InChI=1S/C18H23N3OS/c1-14(23-16-10-6-3-7-11-16)18(22)20-17-12-13-19-21(17)15-8-4-2-5-9-15/h3,6-7,10-15H,2,4-5,8-9H2,1H3,(H,20,22).